The number of pyridine rings is 1. The van der Waals surface area contributed by atoms with E-state index in [2.05, 4.69) is 10.1 Å². The van der Waals surface area contributed by atoms with E-state index >= 15 is 0 Å². The number of nitrogen functional groups attached to an aromatic ring is 1. The SMILES string of the molecule is Cn1cc(Sc2cc(N)cc(Cl)n2)cn1. The number of hydrogen-bond donors (Lipinski definition) is 1. The Kier molecular flexibility index (Phi) is 2.83. The van der Waals surface area contributed by atoms with Crippen LogP contribution in [0.1, 0.15) is 0 Å². The van der Waals surface area contributed by atoms with Gasteiger partial charge in [-0.1, -0.05) is 23.4 Å². The molecule has 78 valence electrons. The smallest absolute Gasteiger partial charge is 0.132 e. The lowest BCUT2D eigenvalue weighted by Gasteiger charge is -2.00. The number of aryl methyl sites for hydroxylation is 1. The molecule has 0 aliphatic carbocycles. The van der Waals surface area contributed by atoms with Crippen LogP contribution in [0, 0.1) is 0 Å². The number of nitrogens with two attached hydrogens (primary N) is 1. The zero-order chi connectivity index (χ0) is 10.8. The molecule has 0 unspecified atom stereocenters. The van der Waals surface area contributed by atoms with Crippen molar-refractivity contribution in [3.63, 3.8) is 0 Å². The second-order valence-corrected chi connectivity index (χ2v) is 4.49. The lowest BCUT2D eigenvalue weighted by Crippen LogP contribution is -1.88. The van der Waals surface area contributed by atoms with E-state index in [-0.39, 0.29) is 0 Å². The lowest BCUT2D eigenvalue weighted by atomic mass is 10.4. The second kappa shape index (κ2) is 4.12. The summed E-state index contributed by atoms with van der Waals surface area (Å²) in [6.45, 7) is 0. The topological polar surface area (TPSA) is 56.7 Å². The maximum Gasteiger partial charge on any atom is 0.132 e. The summed E-state index contributed by atoms with van der Waals surface area (Å²) in [7, 11) is 1.86. The molecule has 0 amide bonds. The number of anilines is 1. The summed E-state index contributed by atoms with van der Waals surface area (Å²) in [6, 6.07) is 3.40. The third-order valence-corrected chi connectivity index (χ3v) is 2.75. The van der Waals surface area contributed by atoms with Gasteiger partial charge in [-0.2, -0.15) is 5.10 Å². The Morgan fingerprint density at radius 3 is 2.87 bits per heavy atom. The van der Waals surface area contributed by atoms with Gasteiger partial charge in [-0.05, 0) is 12.1 Å². The highest BCUT2D eigenvalue weighted by atomic mass is 35.5. The molecule has 0 aliphatic rings. The van der Waals surface area contributed by atoms with Crippen molar-refractivity contribution >= 4 is 29.1 Å². The van der Waals surface area contributed by atoms with Crippen LogP contribution in [0.25, 0.3) is 0 Å². The number of halogens is 1. The predicted molar refractivity (Wildman–Crippen MR) is 61.0 cm³/mol. The molecule has 0 radical (unpaired) electrons. The van der Waals surface area contributed by atoms with Gasteiger partial charge in [0.05, 0.1) is 11.1 Å². The van der Waals surface area contributed by atoms with E-state index in [0.717, 1.165) is 9.92 Å². The lowest BCUT2D eigenvalue weighted by molar-refractivity contribution is 0.766. The highest BCUT2D eigenvalue weighted by Gasteiger charge is 2.03. The fraction of sp³-hybridized carbons (Fsp3) is 0.111. The molecule has 15 heavy (non-hydrogen) atoms. The van der Waals surface area contributed by atoms with Crippen molar-refractivity contribution in [2.45, 2.75) is 9.92 Å². The highest BCUT2D eigenvalue weighted by molar-refractivity contribution is 7.99. The van der Waals surface area contributed by atoms with Crippen molar-refractivity contribution in [1.82, 2.24) is 14.8 Å². The molecule has 2 rings (SSSR count). The minimum atomic E-state index is 0.404. The van der Waals surface area contributed by atoms with Crippen molar-refractivity contribution in [3.05, 3.63) is 29.7 Å². The minimum Gasteiger partial charge on any atom is -0.399 e. The molecular formula is C9H9ClN4S. The molecule has 0 saturated heterocycles. The van der Waals surface area contributed by atoms with E-state index in [1.165, 1.54) is 11.8 Å². The molecule has 4 nitrogen and oxygen atoms in total. The quantitative estimate of drug-likeness (QED) is 0.818. The Morgan fingerprint density at radius 1 is 1.47 bits per heavy atom. The Hall–Kier alpha value is -1.20. The predicted octanol–water partition coefficient (Wildman–Crippen LogP) is 2.20. The second-order valence-electron chi connectivity index (χ2n) is 3.01. The third kappa shape index (κ3) is 2.64. The van der Waals surface area contributed by atoms with Crippen molar-refractivity contribution in [2.75, 3.05) is 5.73 Å². The van der Waals surface area contributed by atoms with E-state index in [1.807, 2.05) is 13.2 Å². The van der Waals surface area contributed by atoms with Crippen molar-refractivity contribution in [2.24, 2.45) is 7.05 Å². The molecule has 0 aromatic carbocycles. The van der Waals surface area contributed by atoms with Crippen LogP contribution in [0.2, 0.25) is 5.15 Å². The molecule has 2 N–H and O–H groups in total. The van der Waals surface area contributed by atoms with Crippen molar-refractivity contribution in [3.8, 4) is 0 Å². The maximum absolute atomic E-state index is 5.80. The summed E-state index contributed by atoms with van der Waals surface area (Å²) in [4.78, 5) is 5.16. The normalized spacial score (nSPS) is 10.5. The van der Waals surface area contributed by atoms with Crippen LogP contribution in [0.15, 0.2) is 34.4 Å². The molecule has 6 heteroatoms. The molecule has 0 saturated carbocycles. The summed E-state index contributed by atoms with van der Waals surface area (Å²) in [5.41, 5.74) is 6.27. The van der Waals surface area contributed by atoms with Gasteiger partial charge in [0, 0.05) is 18.9 Å². The van der Waals surface area contributed by atoms with Gasteiger partial charge in [-0.3, -0.25) is 4.68 Å². The Balaban J connectivity index is 2.24. The van der Waals surface area contributed by atoms with Crippen LogP contribution in [0.4, 0.5) is 5.69 Å². The van der Waals surface area contributed by atoms with Gasteiger partial charge in [-0.15, -0.1) is 0 Å². The maximum atomic E-state index is 5.80. The Labute approximate surface area is 96.4 Å². The fourth-order valence-corrected chi connectivity index (χ4v) is 2.27. The van der Waals surface area contributed by atoms with Crippen LogP contribution >= 0.6 is 23.4 Å². The molecule has 0 atom stereocenters. The third-order valence-electron chi connectivity index (χ3n) is 1.70. The minimum absolute atomic E-state index is 0.404. The number of hydrogen-bond acceptors (Lipinski definition) is 4. The zero-order valence-electron chi connectivity index (χ0n) is 8.01. The Bertz CT molecular complexity index is 462. The van der Waals surface area contributed by atoms with E-state index in [4.69, 9.17) is 17.3 Å². The first-order valence-corrected chi connectivity index (χ1v) is 5.42. The summed E-state index contributed by atoms with van der Waals surface area (Å²) >= 11 is 7.27. The largest absolute Gasteiger partial charge is 0.399 e. The molecule has 2 heterocycles. The monoisotopic (exact) mass is 240 g/mol. The van der Waals surface area contributed by atoms with E-state index in [0.29, 0.717) is 10.8 Å². The number of rotatable bonds is 2. The fourth-order valence-electron chi connectivity index (χ4n) is 1.12. The van der Waals surface area contributed by atoms with Gasteiger partial charge in [0.15, 0.2) is 0 Å². The van der Waals surface area contributed by atoms with Crippen LogP contribution in [-0.2, 0) is 7.05 Å². The summed E-state index contributed by atoms with van der Waals surface area (Å²) in [5, 5.41) is 5.24. The molecule has 2 aromatic rings. The van der Waals surface area contributed by atoms with Crippen LogP contribution in [-0.4, -0.2) is 14.8 Å². The molecular weight excluding hydrogens is 232 g/mol. The summed E-state index contributed by atoms with van der Waals surface area (Å²) < 4.78 is 1.73. The van der Waals surface area contributed by atoms with Gasteiger partial charge < -0.3 is 5.73 Å². The molecule has 0 spiro atoms. The van der Waals surface area contributed by atoms with Crippen LogP contribution in [0.3, 0.4) is 0 Å². The number of aromatic nitrogens is 3. The zero-order valence-corrected chi connectivity index (χ0v) is 9.59. The van der Waals surface area contributed by atoms with E-state index in [1.54, 1.807) is 23.0 Å². The first-order chi connectivity index (χ1) is 7.13. The molecule has 0 bridgehead atoms. The number of nitrogens with zero attached hydrogens (tertiary/aromatic N) is 3. The van der Waals surface area contributed by atoms with E-state index < -0.39 is 0 Å². The average molecular weight is 241 g/mol. The van der Waals surface area contributed by atoms with Crippen LogP contribution < -0.4 is 5.73 Å². The van der Waals surface area contributed by atoms with Gasteiger partial charge >= 0.3 is 0 Å². The molecule has 2 aromatic heterocycles. The first-order valence-electron chi connectivity index (χ1n) is 4.23. The van der Waals surface area contributed by atoms with E-state index in [9.17, 15) is 0 Å². The standard InChI is InChI=1S/C9H9ClN4S/c1-14-5-7(4-12-14)15-9-3-6(11)2-8(10)13-9/h2-5H,1H3,(H2,11,13). The highest BCUT2D eigenvalue weighted by Crippen LogP contribution is 2.27. The van der Waals surface area contributed by atoms with Crippen molar-refractivity contribution < 1.29 is 0 Å². The average Bonchev–Trinajstić information content (AvgIpc) is 2.49. The summed E-state index contributed by atoms with van der Waals surface area (Å²) in [6.07, 6.45) is 3.67. The first kappa shape index (κ1) is 10.3. The van der Waals surface area contributed by atoms with Gasteiger partial charge in [0.2, 0.25) is 0 Å². The Morgan fingerprint density at radius 2 is 2.27 bits per heavy atom. The van der Waals surface area contributed by atoms with Gasteiger partial charge in [0.25, 0.3) is 0 Å². The van der Waals surface area contributed by atoms with Gasteiger partial charge in [-0.25, -0.2) is 4.98 Å². The van der Waals surface area contributed by atoms with Crippen LogP contribution in [0.5, 0.6) is 0 Å². The van der Waals surface area contributed by atoms with Gasteiger partial charge in [0.1, 0.15) is 10.2 Å². The molecule has 0 aliphatic heterocycles. The summed E-state index contributed by atoms with van der Waals surface area (Å²) in [5.74, 6) is 0. The molecule has 0 fully saturated rings. The van der Waals surface area contributed by atoms with Crippen molar-refractivity contribution in [1.29, 1.82) is 0 Å².